The van der Waals surface area contributed by atoms with Crippen LogP contribution in [-0.4, -0.2) is 11.7 Å². The summed E-state index contributed by atoms with van der Waals surface area (Å²) in [5.74, 6) is 0.648. The average Bonchev–Trinajstić information content (AvgIpc) is 2.18. The van der Waals surface area contributed by atoms with Gasteiger partial charge in [-0.25, -0.2) is 0 Å². The summed E-state index contributed by atoms with van der Waals surface area (Å²) in [6.45, 7) is 4.52. The molecule has 0 bridgehead atoms. The van der Waals surface area contributed by atoms with Gasteiger partial charge >= 0.3 is 0 Å². The largest absolute Gasteiger partial charge is 0.396 e. The number of benzene rings is 1. The summed E-state index contributed by atoms with van der Waals surface area (Å²) in [4.78, 5) is 0. The second-order valence-electron chi connectivity index (χ2n) is 3.77. The molecule has 16 heavy (non-hydrogen) atoms. The number of aliphatic hydroxyl groups is 1. The highest BCUT2D eigenvalue weighted by atomic mass is 35.6. The lowest BCUT2D eigenvalue weighted by atomic mass is 10.2. The van der Waals surface area contributed by atoms with Gasteiger partial charge in [-0.1, -0.05) is 79.0 Å². The fourth-order valence-corrected chi connectivity index (χ4v) is 1.26. The lowest BCUT2D eigenvalue weighted by Crippen LogP contribution is -1.98. The van der Waals surface area contributed by atoms with Crippen LogP contribution in [0.3, 0.4) is 0 Å². The fraction of sp³-hybridized carbons (Fsp3) is 0.500. The predicted octanol–water partition coefficient (Wildman–Crippen LogP) is 4.54. The lowest BCUT2D eigenvalue weighted by molar-refractivity contribution is 0.268. The maximum absolute atomic E-state index is 8.24. The minimum atomic E-state index is -1.29. The highest BCUT2D eigenvalue weighted by Gasteiger charge is 2.21. The van der Waals surface area contributed by atoms with Crippen LogP contribution in [0.2, 0.25) is 0 Å². The van der Waals surface area contributed by atoms with Crippen molar-refractivity contribution in [3.63, 3.8) is 0 Å². The number of halogens is 3. The standard InChI is InChI=1S/C7H5Cl3.C5H12O/c8-7(9,10)6-4-2-1-3-5-6;1-5(2)3-4-6/h1-5H;5-6H,3-4H2,1-2H3. The first-order valence-corrected chi connectivity index (χ1v) is 6.24. The van der Waals surface area contributed by atoms with Crippen molar-refractivity contribution in [2.75, 3.05) is 6.61 Å². The van der Waals surface area contributed by atoms with Crippen LogP contribution in [0.4, 0.5) is 0 Å². The van der Waals surface area contributed by atoms with Crippen molar-refractivity contribution in [1.29, 1.82) is 0 Å². The van der Waals surface area contributed by atoms with E-state index in [4.69, 9.17) is 39.9 Å². The molecular formula is C12H17Cl3O. The molecule has 0 aliphatic heterocycles. The van der Waals surface area contributed by atoms with Crippen molar-refractivity contribution in [3.8, 4) is 0 Å². The molecule has 0 aliphatic carbocycles. The third-order valence-corrected chi connectivity index (χ3v) is 2.46. The Hall–Kier alpha value is 0.0500. The Morgan fingerprint density at radius 3 is 1.81 bits per heavy atom. The van der Waals surface area contributed by atoms with Crippen LogP contribution in [0.15, 0.2) is 30.3 Å². The summed E-state index contributed by atoms with van der Waals surface area (Å²) in [7, 11) is 0. The van der Waals surface area contributed by atoms with E-state index in [9.17, 15) is 0 Å². The second kappa shape index (κ2) is 8.19. The molecule has 0 radical (unpaired) electrons. The molecule has 0 unspecified atom stereocenters. The Labute approximate surface area is 112 Å². The quantitative estimate of drug-likeness (QED) is 0.790. The summed E-state index contributed by atoms with van der Waals surface area (Å²) in [5.41, 5.74) is 0.694. The highest BCUT2D eigenvalue weighted by molar-refractivity contribution is 6.66. The third kappa shape index (κ3) is 8.23. The Morgan fingerprint density at radius 2 is 1.62 bits per heavy atom. The zero-order valence-corrected chi connectivity index (χ0v) is 11.7. The molecule has 1 aromatic carbocycles. The molecule has 0 amide bonds. The Bertz CT molecular complexity index is 267. The highest BCUT2D eigenvalue weighted by Crippen LogP contribution is 2.37. The molecule has 1 rings (SSSR count). The summed E-state index contributed by atoms with van der Waals surface area (Å²) in [6, 6.07) is 9.08. The van der Waals surface area contributed by atoms with E-state index in [1.54, 1.807) is 12.1 Å². The van der Waals surface area contributed by atoms with Gasteiger partial charge in [-0.3, -0.25) is 0 Å². The van der Waals surface area contributed by atoms with Crippen LogP contribution in [0, 0.1) is 5.92 Å². The molecule has 0 fully saturated rings. The minimum Gasteiger partial charge on any atom is -0.396 e. The van der Waals surface area contributed by atoms with Gasteiger partial charge in [-0.15, -0.1) is 0 Å². The molecule has 1 nitrogen and oxygen atoms in total. The molecule has 1 aromatic rings. The van der Waals surface area contributed by atoms with Crippen LogP contribution in [0.25, 0.3) is 0 Å². The first-order chi connectivity index (χ1) is 7.38. The molecular weight excluding hydrogens is 266 g/mol. The van der Waals surface area contributed by atoms with E-state index < -0.39 is 3.79 Å². The van der Waals surface area contributed by atoms with Crippen molar-refractivity contribution >= 4 is 34.8 Å². The van der Waals surface area contributed by atoms with Gasteiger partial charge in [0.2, 0.25) is 3.79 Å². The molecule has 0 aromatic heterocycles. The maximum atomic E-state index is 8.24. The van der Waals surface area contributed by atoms with Gasteiger partial charge in [0.05, 0.1) is 0 Å². The molecule has 0 atom stereocenters. The van der Waals surface area contributed by atoms with Crippen molar-refractivity contribution in [3.05, 3.63) is 35.9 Å². The summed E-state index contributed by atoms with van der Waals surface area (Å²) in [6.07, 6.45) is 0.931. The van der Waals surface area contributed by atoms with E-state index in [2.05, 4.69) is 13.8 Å². The fourth-order valence-electron chi connectivity index (χ4n) is 0.885. The number of hydrogen-bond donors (Lipinski definition) is 1. The van der Waals surface area contributed by atoms with Crippen LogP contribution in [-0.2, 0) is 3.79 Å². The van der Waals surface area contributed by atoms with E-state index in [1.165, 1.54) is 0 Å². The molecule has 4 heteroatoms. The first-order valence-electron chi connectivity index (χ1n) is 5.11. The normalized spacial score (nSPS) is 10.9. The van der Waals surface area contributed by atoms with Gasteiger partial charge in [0.15, 0.2) is 0 Å². The van der Waals surface area contributed by atoms with Gasteiger partial charge < -0.3 is 5.11 Å². The van der Waals surface area contributed by atoms with E-state index in [-0.39, 0.29) is 0 Å². The molecule has 92 valence electrons. The average molecular weight is 284 g/mol. The van der Waals surface area contributed by atoms with Crippen LogP contribution < -0.4 is 0 Å². The van der Waals surface area contributed by atoms with Crippen LogP contribution in [0.1, 0.15) is 25.8 Å². The second-order valence-corrected chi connectivity index (χ2v) is 6.05. The van der Waals surface area contributed by atoms with E-state index in [0.717, 1.165) is 6.42 Å². The lowest BCUT2D eigenvalue weighted by Gasteiger charge is -2.09. The molecule has 0 heterocycles. The number of aliphatic hydroxyl groups excluding tert-OH is 1. The van der Waals surface area contributed by atoms with Gasteiger partial charge in [0.25, 0.3) is 0 Å². The molecule has 0 saturated heterocycles. The monoisotopic (exact) mass is 282 g/mol. The van der Waals surface area contributed by atoms with E-state index >= 15 is 0 Å². The number of hydrogen-bond acceptors (Lipinski definition) is 1. The summed E-state index contributed by atoms with van der Waals surface area (Å²) < 4.78 is -1.29. The van der Waals surface area contributed by atoms with E-state index in [1.807, 2.05) is 18.2 Å². The van der Waals surface area contributed by atoms with Gasteiger partial charge in [0.1, 0.15) is 0 Å². The van der Waals surface area contributed by atoms with E-state index in [0.29, 0.717) is 18.1 Å². The Balaban J connectivity index is 0.000000325. The number of rotatable bonds is 2. The van der Waals surface area contributed by atoms with Crippen molar-refractivity contribution in [1.82, 2.24) is 0 Å². The first kappa shape index (κ1) is 16.1. The summed E-state index contributed by atoms with van der Waals surface area (Å²) in [5, 5.41) is 8.24. The zero-order chi connectivity index (χ0) is 12.6. The van der Waals surface area contributed by atoms with Gasteiger partial charge in [-0.2, -0.15) is 0 Å². The SMILES string of the molecule is CC(C)CCO.ClC(Cl)(Cl)c1ccccc1. The molecule has 0 aliphatic rings. The van der Waals surface area contributed by atoms with Gasteiger partial charge in [-0.05, 0) is 12.3 Å². The third-order valence-electron chi connectivity index (χ3n) is 1.81. The van der Waals surface area contributed by atoms with Gasteiger partial charge in [0, 0.05) is 12.2 Å². The zero-order valence-electron chi connectivity index (χ0n) is 9.46. The Kier molecular flexibility index (Phi) is 8.21. The van der Waals surface area contributed by atoms with Crippen molar-refractivity contribution in [2.24, 2.45) is 5.92 Å². The van der Waals surface area contributed by atoms with Crippen molar-refractivity contribution < 1.29 is 5.11 Å². The topological polar surface area (TPSA) is 20.2 Å². The van der Waals surface area contributed by atoms with Crippen molar-refractivity contribution in [2.45, 2.75) is 24.1 Å². The Morgan fingerprint density at radius 1 is 1.12 bits per heavy atom. The van der Waals surface area contributed by atoms with Crippen LogP contribution in [0.5, 0.6) is 0 Å². The predicted molar refractivity (Wildman–Crippen MR) is 72.2 cm³/mol. The maximum Gasteiger partial charge on any atom is 0.216 e. The molecule has 1 N–H and O–H groups in total. The number of alkyl halides is 3. The molecule has 0 saturated carbocycles. The smallest absolute Gasteiger partial charge is 0.216 e. The van der Waals surface area contributed by atoms with Crippen LogP contribution >= 0.6 is 34.8 Å². The molecule has 0 spiro atoms. The summed E-state index contributed by atoms with van der Waals surface area (Å²) >= 11 is 16.8. The minimum absolute atomic E-state index is 0.331.